The van der Waals surface area contributed by atoms with Crippen molar-refractivity contribution >= 4 is 22.7 Å². The highest BCUT2D eigenvalue weighted by Gasteiger charge is 2.51. The first-order chi connectivity index (χ1) is 17.0. The van der Waals surface area contributed by atoms with Crippen LogP contribution in [0, 0.1) is 12.8 Å². The highest BCUT2D eigenvalue weighted by Crippen LogP contribution is 2.44. The minimum Gasteiger partial charge on any atom is -0.489 e. The van der Waals surface area contributed by atoms with E-state index in [1.54, 1.807) is 29.7 Å². The maximum absolute atomic E-state index is 12.9. The zero-order valence-electron chi connectivity index (χ0n) is 19.6. The number of para-hydroxylation sites is 1. The molecule has 182 valence electrons. The van der Waals surface area contributed by atoms with Gasteiger partial charge in [0.1, 0.15) is 12.4 Å². The van der Waals surface area contributed by atoms with Gasteiger partial charge in [-0.3, -0.25) is 19.8 Å². The molecule has 2 aromatic carbocycles. The Morgan fingerprint density at radius 2 is 1.97 bits per heavy atom. The van der Waals surface area contributed by atoms with Crippen LogP contribution < -0.4 is 15.5 Å². The molecule has 35 heavy (non-hydrogen) atoms. The van der Waals surface area contributed by atoms with Crippen molar-refractivity contribution in [1.29, 1.82) is 0 Å². The molecule has 3 N–H and O–H groups in total. The number of amides is 2. The highest BCUT2D eigenvalue weighted by molar-refractivity contribution is 5.95. The third kappa shape index (κ3) is 4.85. The van der Waals surface area contributed by atoms with Crippen molar-refractivity contribution in [1.82, 2.24) is 15.8 Å². The monoisotopic (exact) mass is 475 g/mol. The van der Waals surface area contributed by atoms with Gasteiger partial charge in [-0.1, -0.05) is 18.2 Å². The highest BCUT2D eigenvalue weighted by atomic mass is 16.5. The van der Waals surface area contributed by atoms with Crippen molar-refractivity contribution in [3.63, 3.8) is 0 Å². The van der Waals surface area contributed by atoms with E-state index >= 15 is 0 Å². The quantitative estimate of drug-likeness (QED) is 0.371. The molecule has 0 unspecified atom stereocenters. The van der Waals surface area contributed by atoms with Crippen LogP contribution in [0.15, 0.2) is 54.6 Å². The lowest BCUT2D eigenvalue weighted by molar-refractivity contribution is -0.134. The van der Waals surface area contributed by atoms with Crippen LogP contribution in [0.2, 0.25) is 0 Å². The topological polar surface area (TPSA) is 110 Å². The molecule has 1 spiro atoms. The van der Waals surface area contributed by atoms with Gasteiger partial charge < -0.3 is 14.8 Å². The SMILES string of the molecule is Cc1cc(COc2ccc(C(=O)N[C@@H]3C[C@]4(CCCO4)C[C@@H]3C(=O)NO)cc2)c2ccccc2n1. The predicted molar refractivity (Wildman–Crippen MR) is 129 cm³/mol. The molecule has 1 saturated heterocycles. The number of rotatable bonds is 6. The van der Waals surface area contributed by atoms with Crippen LogP contribution in [-0.2, 0) is 16.1 Å². The Morgan fingerprint density at radius 3 is 2.71 bits per heavy atom. The molecule has 5 rings (SSSR count). The lowest BCUT2D eigenvalue weighted by atomic mass is 9.96. The van der Waals surface area contributed by atoms with E-state index in [2.05, 4.69) is 10.3 Å². The number of pyridine rings is 1. The van der Waals surface area contributed by atoms with E-state index in [-0.39, 0.29) is 5.91 Å². The molecular formula is C27H29N3O5. The number of carbonyl (C=O) groups is 2. The van der Waals surface area contributed by atoms with E-state index < -0.39 is 23.5 Å². The van der Waals surface area contributed by atoms with Crippen LogP contribution in [0.3, 0.4) is 0 Å². The Kier molecular flexibility index (Phi) is 6.40. The van der Waals surface area contributed by atoms with Crippen molar-refractivity contribution in [3.8, 4) is 5.75 Å². The summed E-state index contributed by atoms with van der Waals surface area (Å²) in [5.74, 6) is -0.659. The lowest BCUT2D eigenvalue weighted by Crippen LogP contribution is -2.43. The van der Waals surface area contributed by atoms with Crippen LogP contribution in [0.25, 0.3) is 10.9 Å². The fourth-order valence-electron chi connectivity index (χ4n) is 5.39. The molecule has 1 aliphatic heterocycles. The van der Waals surface area contributed by atoms with E-state index in [1.165, 1.54) is 0 Å². The summed E-state index contributed by atoms with van der Waals surface area (Å²) in [6.07, 6.45) is 2.83. The van der Waals surface area contributed by atoms with E-state index in [1.807, 2.05) is 37.3 Å². The van der Waals surface area contributed by atoms with Crippen LogP contribution >= 0.6 is 0 Å². The minimum absolute atomic E-state index is 0.275. The summed E-state index contributed by atoms with van der Waals surface area (Å²) in [5, 5.41) is 13.2. The van der Waals surface area contributed by atoms with Crippen LogP contribution in [-0.4, -0.2) is 40.3 Å². The van der Waals surface area contributed by atoms with Crippen molar-refractivity contribution in [3.05, 3.63) is 71.4 Å². The third-order valence-corrected chi connectivity index (χ3v) is 7.06. The summed E-state index contributed by atoms with van der Waals surface area (Å²) in [5.41, 5.74) is 4.72. The summed E-state index contributed by atoms with van der Waals surface area (Å²) >= 11 is 0. The van der Waals surface area contributed by atoms with Gasteiger partial charge in [0.2, 0.25) is 5.91 Å². The molecule has 2 amide bonds. The number of nitrogens with zero attached hydrogens (tertiary/aromatic N) is 1. The van der Waals surface area contributed by atoms with Crippen LogP contribution in [0.4, 0.5) is 0 Å². The Balaban J connectivity index is 1.24. The van der Waals surface area contributed by atoms with Gasteiger partial charge in [-0.25, -0.2) is 5.48 Å². The first-order valence-corrected chi connectivity index (χ1v) is 11.9. The molecule has 8 heteroatoms. The number of aryl methyl sites for hydroxylation is 1. The second-order valence-corrected chi connectivity index (χ2v) is 9.46. The maximum atomic E-state index is 12.9. The summed E-state index contributed by atoms with van der Waals surface area (Å²) < 4.78 is 11.9. The maximum Gasteiger partial charge on any atom is 0.251 e. The lowest BCUT2D eigenvalue weighted by Gasteiger charge is -2.22. The Labute approximate surface area is 203 Å². The molecule has 2 heterocycles. The fourth-order valence-corrected chi connectivity index (χ4v) is 5.39. The second kappa shape index (κ2) is 9.64. The van der Waals surface area contributed by atoms with Gasteiger partial charge in [0, 0.05) is 34.9 Å². The van der Waals surface area contributed by atoms with Gasteiger partial charge in [0.25, 0.3) is 5.91 Å². The van der Waals surface area contributed by atoms with Crippen LogP contribution in [0.5, 0.6) is 5.75 Å². The number of ether oxygens (including phenoxy) is 2. The van der Waals surface area contributed by atoms with Gasteiger partial charge in [-0.15, -0.1) is 0 Å². The molecule has 0 radical (unpaired) electrons. The average molecular weight is 476 g/mol. The van der Waals surface area contributed by atoms with Gasteiger partial charge in [-0.05, 0) is 69.0 Å². The fraction of sp³-hybridized carbons (Fsp3) is 0.370. The standard InChI is InChI=1S/C27H29N3O5/c1-17-13-19(21-5-2-3-6-23(21)28-17)16-34-20-9-7-18(8-10-20)25(31)29-24-15-27(11-4-12-35-27)14-22(24)26(32)30-33/h2-3,5-10,13,22,24,33H,4,11-12,14-16H2,1H3,(H,29,31)(H,30,32)/t22-,24+,27-/m0/s1. The minimum atomic E-state index is -0.539. The summed E-state index contributed by atoms with van der Waals surface area (Å²) in [4.78, 5) is 29.7. The van der Waals surface area contributed by atoms with E-state index in [0.717, 1.165) is 35.0 Å². The Bertz CT molecular complexity index is 1240. The van der Waals surface area contributed by atoms with Gasteiger partial charge >= 0.3 is 0 Å². The van der Waals surface area contributed by atoms with Gasteiger partial charge in [0.05, 0.1) is 17.0 Å². The normalized spacial score (nSPS) is 23.5. The first-order valence-electron chi connectivity index (χ1n) is 11.9. The number of aromatic nitrogens is 1. The summed E-state index contributed by atoms with van der Waals surface area (Å²) in [6, 6.07) is 16.5. The number of nitrogens with one attached hydrogen (secondary N) is 2. The van der Waals surface area contributed by atoms with Gasteiger partial charge in [0.15, 0.2) is 0 Å². The van der Waals surface area contributed by atoms with E-state index in [9.17, 15) is 9.59 Å². The zero-order valence-corrected chi connectivity index (χ0v) is 19.6. The zero-order chi connectivity index (χ0) is 24.4. The number of hydrogen-bond donors (Lipinski definition) is 3. The third-order valence-electron chi connectivity index (χ3n) is 7.06. The smallest absolute Gasteiger partial charge is 0.251 e. The molecule has 1 aliphatic carbocycles. The number of hydroxylamine groups is 1. The Morgan fingerprint density at radius 1 is 1.17 bits per heavy atom. The molecule has 3 aromatic rings. The van der Waals surface area contributed by atoms with Crippen molar-refractivity contribution in [2.75, 3.05) is 6.61 Å². The summed E-state index contributed by atoms with van der Waals surface area (Å²) in [6.45, 7) is 3.01. The van der Waals surface area contributed by atoms with Crippen molar-refractivity contribution in [2.45, 2.75) is 50.9 Å². The number of hydrogen-bond acceptors (Lipinski definition) is 6. The number of benzene rings is 2. The predicted octanol–water partition coefficient (Wildman–Crippen LogP) is 3.69. The molecule has 8 nitrogen and oxygen atoms in total. The van der Waals surface area contributed by atoms with E-state index in [0.29, 0.717) is 37.4 Å². The Hall–Kier alpha value is -3.49. The number of carbonyl (C=O) groups excluding carboxylic acids is 2. The van der Waals surface area contributed by atoms with Gasteiger partial charge in [-0.2, -0.15) is 0 Å². The summed E-state index contributed by atoms with van der Waals surface area (Å²) in [7, 11) is 0. The molecule has 1 saturated carbocycles. The first kappa shape index (κ1) is 23.3. The molecule has 0 bridgehead atoms. The number of fused-ring (bicyclic) bond motifs is 1. The second-order valence-electron chi connectivity index (χ2n) is 9.46. The average Bonchev–Trinajstić information content (AvgIpc) is 3.48. The molecule has 2 aliphatic rings. The van der Waals surface area contributed by atoms with Crippen LogP contribution in [0.1, 0.15) is 47.3 Å². The van der Waals surface area contributed by atoms with E-state index in [4.69, 9.17) is 14.7 Å². The molecular weight excluding hydrogens is 446 g/mol. The molecule has 3 atom stereocenters. The molecule has 1 aromatic heterocycles. The molecule has 2 fully saturated rings. The largest absolute Gasteiger partial charge is 0.489 e. The van der Waals surface area contributed by atoms with Crippen molar-refractivity contribution < 1.29 is 24.3 Å². The van der Waals surface area contributed by atoms with Crippen molar-refractivity contribution in [2.24, 2.45) is 5.92 Å².